The molecule has 1 aliphatic carbocycles. The predicted octanol–water partition coefficient (Wildman–Crippen LogP) is 2.74. The normalized spacial score (nSPS) is 22.5. The maximum atomic E-state index is 12.1. The lowest BCUT2D eigenvalue weighted by Gasteiger charge is -2.26. The number of amides is 1. The molecule has 20 heavy (non-hydrogen) atoms. The van der Waals surface area contributed by atoms with Crippen LogP contribution in [-0.4, -0.2) is 19.0 Å². The van der Waals surface area contributed by atoms with Crippen LogP contribution in [0.4, 0.5) is 0 Å². The van der Waals surface area contributed by atoms with Gasteiger partial charge in [0, 0.05) is 12.1 Å². The molecule has 1 aromatic rings. The second-order valence-corrected chi connectivity index (χ2v) is 6.08. The maximum absolute atomic E-state index is 12.1. The third kappa shape index (κ3) is 4.34. The van der Waals surface area contributed by atoms with E-state index in [1.54, 1.807) is 0 Å². The van der Waals surface area contributed by atoms with Crippen LogP contribution >= 0.6 is 0 Å². The number of benzene rings is 1. The van der Waals surface area contributed by atoms with Crippen LogP contribution in [0.3, 0.4) is 0 Å². The van der Waals surface area contributed by atoms with Gasteiger partial charge in [-0.05, 0) is 55.3 Å². The molecule has 0 saturated heterocycles. The van der Waals surface area contributed by atoms with Crippen molar-refractivity contribution in [3.8, 4) is 0 Å². The van der Waals surface area contributed by atoms with E-state index in [4.69, 9.17) is 5.73 Å². The van der Waals surface area contributed by atoms with Crippen molar-refractivity contribution in [2.75, 3.05) is 13.1 Å². The zero-order valence-electron chi connectivity index (χ0n) is 12.4. The summed E-state index contributed by atoms with van der Waals surface area (Å²) in [6.45, 7) is 3.77. The lowest BCUT2D eigenvalue weighted by Crippen LogP contribution is -2.31. The van der Waals surface area contributed by atoms with Crippen LogP contribution in [0.25, 0.3) is 0 Å². The summed E-state index contributed by atoms with van der Waals surface area (Å²) in [5.41, 5.74) is 7.45. The van der Waals surface area contributed by atoms with Crippen LogP contribution in [0.5, 0.6) is 0 Å². The Morgan fingerprint density at radius 3 is 2.70 bits per heavy atom. The Hall–Kier alpha value is -1.35. The Kier molecular flexibility index (Phi) is 5.60. The first-order valence-electron chi connectivity index (χ1n) is 7.76. The molecule has 1 amide bonds. The van der Waals surface area contributed by atoms with Gasteiger partial charge in [-0.15, -0.1) is 0 Å². The van der Waals surface area contributed by atoms with E-state index in [0.717, 1.165) is 24.4 Å². The molecule has 3 N–H and O–H groups in total. The minimum atomic E-state index is 0.0440. The molecule has 1 saturated carbocycles. The summed E-state index contributed by atoms with van der Waals surface area (Å²) in [6, 6.07) is 7.77. The monoisotopic (exact) mass is 274 g/mol. The van der Waals surface area contributed by atoms with Gasteiger partial charge in [-0.25, -0.2) is 0 Å². The molecule has 3 heteroatoms. The van der Waals surface area contributed by atoms with Crippen LogP contribution in [0, 0.1) is 11.8 Å². The van der Waals surface area contributed by atoms with Gasteiger partial charge in [0.05, 0.1) is 0 Å². The van der Waals surface area contributed by atoms with E-state index < -0.39 is 0 Å². The van der Waals surface area contributed by atoms with E-state index in [-0.39, 0.29) is 5.91 Å². The molecule has 110 valence electrons. The molecule has 2 atom stereocenters. The van der Waals surface area contributed by atoms with Crippen molar-refractivity contribution < 1.29 is 4.79 Å². The van der Waals surface area contributed by atoms with Crippen LogP contribution in [0.2, 0.25) is 0 Å². The Bertz CT molecular complexity index is 427. The largest absolute Gasteiger partial charge is 0.352 e. The molecular weight excluding hydrogens is 248 g/mol. The Balaban J connectivity index is 1.82. The van der Waals surface area contributed by atoms with Gasteiger partial charge >= 0.3 is 0 Å². The Morgan fingerprint density at radius 1 is 1.30 bits per heavy atom. The van der Waals surface area contributed by atoms with Crippen molar-refractivity contribution >= 4 is 5.91 Å². The van der Waals surface area contributed by atoms with E-state index in [1.165, 1.54) is 31.2 Å². The highest BCUT2D eigenvalue weighted by Gasteiger charge is 2.19. The molecule has 1 fully saturated rings. The number of rotatable bonds is 5. The van der Waals surface area contributed by atoms with Gasteiger partial charge in [0.1, 0.15) is 0 Å². The summed E-state index contributed by atoms with van der Waals surface area (Å²) in [6.07, 6.45) is 6.00. The third-order valence-electron chi connectivity index (χ3n) is 4.25. The van der Waals surface area contributed by atoms with Crippen molar-refractivity contribution in [3.63, 3.8) is 0 Å². The molecule has 0 radical (unpaired) electrons. The zero-order chi connectivity index (χ0) is 14.4. The van der Waals surface area contributed by atoms with Crippen LogP contribution in [-0.2, 0) is 6.42 Å². The van der Waals surface area contributed by atoms with Gasteiger partial charge in [0.2, 0.25) is 0 Å². The Labute approximate surface area is 121 Å². The van der Waals surface area contributed by atoms with E-state index in [0.29, 0.717) is 12.5 Å². The second-order valence-electron chi connectivity index (χ2n) is 6.08. The molecule has 0 spiro atoms. The fraction of sp³-hybridized carbons (Fsp3) is 0.588. The molecule has 3 nitrogen and oxygen atoms in total. The minimum absolute atomic E-state index is 0.0440. The van der Waals surface area contributed by atoms with Gasteiger partial charge in [0.15, 0.2) is 0 Å². The Morgan fingerprint density at radius 2 is 2.05 bits per heavy atom. The molecule has 0 heterocycles. The van der Waals surface area contributed by atoms with Gasteiger partial charge in [-0.2, -0.15) is 0 Å². The highest BCUT2D eigenvalue weighted by molar-refractivity contribution is 5.94. The first-order valence-corrected chi connectivity index (χ1v) is 7.76. The summed E-state index contributed by atoms with van der Waals surface area (Å²) in [7, 11) is 0. The first-order chi connectivity index (χ1) is 9.69. The highest BCUT2D eigenvalue weighted by atomic mass is 16.1. The fourth-order valence-electron chi connectivity index (χ4n) is 3.07. The second kappa shape index (κ2) is 7.44. The molecule has 1 aliphatic rings. The number of nitrogens with one attached hydrogen (secondary N) is 1. The average molecular weight is 274 g/mol. The SMILES string of the molecule is CC1CCCC(CNC(=O)c2ccc(CCN)cc2)C1. The van der Waals surface area contributed by atoms with Gasteiger partial charge in [-0.3, -0.25) is 4.79 Å². The number of hydrogen-bond donors (Lipinski definition) is 2. The quantitative estimate of drug-likeness (QED) is 0.867. The number of carbonyl (C=O) groups excluding carboxylic acids is 1. The van der Waals surface area contributed by atoms with Gasteiger partial charge < -0.3 is 11.1 Å². The number of nitrogens with two attached hydrogens (primary N) is 1. The van der Waals surface area contributed by atoms with Crippen molar-refractivity contribution in [1.29, 1.82) is 0 Å². The topological polar surface area (TPSA) is 55.1 Å². The molecule has 0 bridgehead atoms. The van der Waals surface area contributed by atoms with Crippen LogP contribution < -0.4 is 11.1 Å². The van der Waals surface area contributed by atoms with Gasteiger partial charge in [0.25, 0.3) is 5.91 Å². The van der Waals surface area contributed by atoms with Crippen molar-refractivity contribution in [1.82, 2.24) is 5.32 Å². The molecule has 2 rings (SSSR count). The summed E-state index contributed by atoms with van der Waals surface area (Å²) in [5.74, 6) is 1.50. The standard InChI is InChI=1S/C17H26N2O/c1-13-3-2-4-15(11-13)12-19-17(20)16-7-5-14(6-8-16)9-10-18/h5-8,13,15H,2-4,9-12,18H2,1H3,(H,19,20). The van der Waals surface area contributed by atoms with Crippen molar-refractivity contribution in [2.24, 2.45) is 17.6 Å². The third-order valence-corrected chi connectivity index (χ3v) is 4.25. The fourth-order valence-corrected chi connectivity index (χ4v) is 3.07. The van der Waals surface area contributed by atoms with Crippen LogP contribution in [0.15, 0.2) is 24.3 Å². The maximum Gasteiger partial charge on any atom is 0.251 e. The minimum Gasteiger partial charge on any atom is -0.352 e. The van der Waals surface area contributed by atoms with Crippen molar-refractivity contribution in [2.45, 2.75) is 39.0 Å². The van der Waals surface area contributed by atoms with Crippen molar-refractivity contribution in [3.05, 3.63) is 35.4 Å². The first kappa shape index (κ1) is 15.0. The number of hydrogen-bond acceptors (Lipinski definition) is 2. The highest BCUT2D eigenvalue weighted by Crippen LogP contribution is 2.27. The molecule has 0 aromatic heterocycles. The average Bonchev–Trinajstić information content (AvgIpc) is 2.46. The molecule has 1 aromatic carbocycles. The molecule has 0 aliphatic heterocycles. The lowest BCUT2D eigenvalue weighted by molar-refractivity contribution is 0.0940. The zero-order valence-corrected chi connectivity index (χ0v) is 12.4. The smallest absolute Gasteiger partial charge is 0.251 e. The number of carbonyl (C=O) groups is 1. The molecular formula is C17H26N2O. The van der Waals surface area contributed by atoms with E-state index in [1.807, 2.05) is 24.3 Å². The summed E-state index contributed by atoms with van der Waals surface area (Å²) in [5, 5.41) is 3.08. The summed E-state index contributed by atoms with van der Waals surface area (Å²) < 4.78 is 0. The van der Waals surface area contributed by atoms with Crippen LogP contribution in [0.1, 0.15) is 48.5 Å². The summed E-state index contributed by atoms with van der Waals surface area (Å²) >= 11 is 0. The van der Waals surface area contributed by atoms with E-state index >= 15 is 0 Å². The lowest BCUT2D eigenvalue weighted by atomic mass is 9.82. The molecule has 2 unspecified atom stereocenters. The summed E-state index contributed by atoms with van der Waals surface area (Å²) in [4.78, 5) is 12.1. The van der Waals surface area contributed by atoms with Gasteiger partial charge in [-0.1, -0.05) is 31.9 Å². The predicted molar refractivity (Wildman–Crippen MR) is 82.7 cm³/mol. The van der Waals surface area contributed by atoms with E-state index in [9.17, 15) is 4.79 Å². The van der Waals surface area contributed by atoms with E-state index in [2.05, 4.69) is 12.2 Å².